The molecule has 0 bridgehead atoms. The van der Waals surface area contributed by atoms with Gasteiger partial charge in [0, 0.05) is 29.0 Å². The molecule has 0 atom stereocenters. The van der Waals surface area contributed by atoms with Crippen LogP contribution in [0, 0.1) is 0 Å². The number of nitrogens with zero attached hydrogens (tertiary/aromatic N) is 2. The molecule has 1 aromatic carbocycles. The molecule has 5 heteroatoms. The van der Waals surface area contributed by atoms with Crippen molar-refractivity contribution in [3.05, 3.63) is 40.9 Å². The van der Waals surface area contributed by atoms with Gasteiger partial charge < -0.3 is 14.6 Å². The molecule has 102 valence electrons. The van der Waals surface area contributed by atoms with Crippen molar-refractivity contribution < 1.29 is 4.74 Å². The molecule has 1 heterocycles. The summed E-state index contributed by atoms with van der Waals surface area (Å²) in [6.45, 7) is 4.97. The highest BCUT2D eigenvalue weighted by Crippen LogP contribution is 2.27. The number of aromatic nitrogens is 2. The van der Waals surface area contributed by atoms with Crippen LogP contribution in [0.3, 0.4) is 0 Å². The Morgan fingerprint density at radius 1 is 1.42 bits per heavy atom. The van der Waals surface area contributed by atoms with E-state index in [-0.39, 0.29) is 0 Å². The molecule has 0 fully saturated rings. The molecule has 0 radical (unpaired) electrons. The Hall–Kier alpha value is -1.49. The van der Waals surface area contributed by atoms with Gasteiger partial charge in [-0.05, 0) is 41.9 Å². The van der Waals surface area contributed by atoms with Crippen LogP contribution in [-0.2, 0) is 6.54 Å². The molecule has 1 aromatic heterocycles. The van der Waals surface area contributed by atoms with Crippen LogP contribution in [0.4, 0.5) is 5.69 Å². The Balaban J connectivity index is 2.12. The van der Waals surface area contributed by atoms with E-state index in [9.17, 15) is 0 Å². The van der Waals surface area contributed by atoms with E-state index >= 15 is 0 Å². The normalized spacial score (nSPS) is 10.8. The zero-order valence-corrected chi connectivity index (χ0v) is 12.9. The first-order valence-electron chi connectivity index (χ1n) is 6.21. The lowest BCUT2D eigenvalue weighted by molar-refractivity contribution is 0.415. The SMILES string of the molecule is COc1ccc(Br)c(NCc2nccn2C(C)C)c1. The van der Waals surface area contributed by atoms with Gasteiger partial charge in [0.1, 0.15) is 11.6 Å². The number of benzene rings is 1. The minimum atomic E-state index is 0.410. The van der Waals surface area contributed by atoms with Crippen LogP contribution < -0.4 is 10.1 Å². The first-order chi connectivity index (χ1) is 9.11. The topological polar surface area (TPSA) is 39.1 Å². The molecule has 0 amide bonds. The van der Waals surface area contributed by atoms with Crippen LogP contribution in [-0.4, -0.2) is 16.7 Å². The van der Waals surface area contributed by atoms with E-state index in [1.54, 1.807) is 7.11 Å². The summed E-state index contributed by atoms with van der Waals surface area (Å²) in [6.07, 6.45) is 3.83. The van der Waals surface area contributed by atoms with Crippen LogP contribution in [0.5, 0.6) is 5.75 Å². The average Bonchev–Trinajstić information content (AvgIpc) is 2.86. The maximum Gasteiger partial charge on any atom is 0.128 e. The van der Waals surface area contributed by atoms with Gasteiger partial charge in [-0.2, -0.15) is 0 Å². The third kappa shape index (κ3) is 3.29. The average molecular weight is 324 g/mol. The molecule has 0 aliphatic heterocycles. The maximum absolute atomic E-state index is 5.23. The summed E-state index contributed by atoms with van der Waals surface area (Å²) in [5.74, 6) is 1.85. The number of methoxy groups -OCH3 is 1. The quantitative estimate of drug-likeness (QED) is 0.908. The second-order valence-corrected chi connectivity index (χ2v) is 5.40. The lowest BCUT2D eigenvalue weighted by Crippen LogP contribution is -2.10. The van der Waals surface area contributed by atoms with E-state index in [4.69, 9.17) is 4.74 Å². The smallest absolute Gasteiger partial charge is 0.128 e. The zero-order chi connectivity index (χ0) is 13.8. The summed E-state index contributed by atoms with van der Waals surface area (Å²) >= 11 is 3.53. The lowest BCUT2D eigenvalue weighted by atomic mass is 10.3. The summed E-state index contributed by atoms with van der Waals surface area (Å²) < 4.78 is 8.39. The largest absolute Gasteiger partial charge is 0.497 e. The van der Waals surface area contributed by atoms with Crippen LogP contribution in [0.1, 0.15) is 25.7 Å². The summed E-state index contributed by atoms with van der Waals surface area (Å²) in [5.41, 5.74) is 0.998. The Labute approximate surface area is 121 Å². The molecule has 0 saturated heterocycles. The van der Waals surface area contributed by atoms with Gasteiger partial charge in [0.15, 0.2) is 0 Å². The predicted molar refractivity (Wildman–Crippen MR) is 80.6 cm³/mol. The first-order valence-corrected chi connectivity index (χ1v) is 7.00. The van der Waals surface area contributed by atoms with E-state index in [1.807, 2.05) is 30.6 Å². The second kappa shape index (κ2) is 6.10. The van der Waals surface area contributed by atoms with Crippen molar-refractivity contribution >= 4 is 21.6 Å². The summed E-state index contributed by atoms with van der Waals surface area (Å²) in [4.78, 5) is 4.38. The predicted octanol–water partition coefficient (Wildman–Crippen LogP) is 3.85. The minimum Gasteiger partial charge on any atom is -0.497 e. The van der Waals surface area contributed by atoms with Gasteiger partial charge in [0.05, 0.1) is 19.3 Å². The fraction of sp³-hybridized carbons (Fsp3) is 0.357. The first kappa shape index (κ1) is 13.9. The van der Waals surface area contributed by atoms with E-state index in [1.165, 1.54) is 0 Å². The summed E-state index contributed by atoms with van der Waals surface area (Å²) in [5, 5.41) is 3.38. The Bertz CT molecular complexity index is 551. The van der Waals surface area contributed by atoms with Gasteiger partial charge in [0.2, 0.25) is 0 Å². The van der Waals surface area contributed by atoms with E-state index in [2.05, 4.69) is 44.6 Å². The molecular formula is C14H18BrN3O. The number of rotatable bonds is 5. The molecule has 0 unspecified atom stereocenters. The maximum atomic E-state index is 5.23. The van der Waals surface area contributed by atoms with Crippen molar-refractivity contribution in [2.45, 2.75) is 26.4 Å². The molecule has 0 aliphatic carbocycles. The molecule has 19 heavy (non-hydrogen) atoms. The van der Waals surface area contributed by atoms with E-state index in [0.29, 0.717) is 12.6 Å². The number of anilines is 1. The molecular weight excluding hydrogens is 306 g/mol. The van der Waals surface area contributed by atoms with Crippen molar-refractivity contribution in [2.75, 3.05) is 12.4 Å². The number of nitrogens with one attached hydrogen (secondary N) is 1. The van der Waals surface area contributed by atoms with Crippen molar-refractivity contribution in [1.29, 1.82) is 0 Å². The third-order valence-electron chi connectivity index (χ3n) is 2.92. The zero-order valence-electron chi connectivity index (χ0n) is 11.4. The van der Waals surface area contributed by atoms with Crippen LogP contribution in [0.25, 0.3) is 0 Å². The fourth-order valence-electron chi connectivity index (χ4n) is 1.89. The molecule has 0 aliphatic rings. The highest BCUT2D eigenvalue weighted by Gasteiger charge is 2.07. The van der Waals surface area contributed by atoms with Crippen LogP contribution in [0.15, 0.2) is 35.1 Å². The van der Waals surface area contributed by atoms with Crippen LogP contribution in [0.2, 0.25) is 0 Å². The van der Waals surface area contributed by atoms with Gasteiger partial charge in [-0.3, -0.25) is 0 Å². The fourth-order valence-corrected chi connectivity index (χ4v) is 2.28. The Kier molecular flexibility index (Phi) is 4.47. The summed E-state index contributed by atoms with van der Waals surface area (Å²) in [7, 11) is 1.67. The molecule has 2 rings (SSSR count). The van der Waals surface area contributed by atoms with Gasteiger partial charge >= 0.3 is 0 Å². The molecule has 0 spiro atoms. The second-order valence-electron chi connectivity index (χ2n) is 4.54. The van der Waals surface area contributed by atoms with Crippen molar-refractivity contribution in [1.82, 2.24) is 9.55 Å². The number of imidazole rings is 1. The molecule has 1 N–H and O–H groups in total. The Morgan fingerprint density at radius 3 is 2.89 bits per heavy atom. The van der Waals surface area contributed by atoms with E-state index in [0.717, 1.165) is 21.7 Å². The monoisotopic (exact) mass is 323 g/mol. The van der Waals surface area contributed by atoms with E-state index < -0.39 is 0 Å². The number of hydrogen-bond donors (Lipinski definition) is 1. The molecule has 2 aromatic rings. The highest BCUT2D eigenvalue weighted by molar-refractivity contribution is 9.10. The number of hydrogen-bond acceptors (Lipinski definition) is 3. The third-order valence-corrected chi connectivity index (χ3v) is 3.61. The molecule has 4 nitrogen and oxygen atoms in total. The van der Waals surface area contributed by atoms with Crippen molar-refractivity contribution in [3.63, 3.8) is 0 Å². The van der Waals surface area contributed by atoms with Gasteiger partial charge in [-0.25, -0.2) is 4.98 Å². The number of halogens is 1. The highest BCUT2D eigenvalue weighted by atomic mass is 79.9. The lowest BCUT2D eigenvalue weighted by Gasteiger charge is -2.14. The number of ether oxygens (including phenoxy) is 1. The Morgan fingerprint density at radius 2 is 2.21 bits per heavy atom. The van der Waals surface area contributed by atoms with Crippen LogP contribution >= 0.6 is 15.9 Å². The van der Waals surface area contributed by atoms with Gasteiger partial charge in [-0.15, -0.1) is 0 Å². The van der Waals surface area contributed by atoms with Crippen molar-refractivity contribution in [3.8, 4) is 5.75 Å². The molecule has 0 saturated carbocycles. The summed E-state index contributed by atoms with van der Waals surface area (Å²) in [6, 6.07) is 6.26. The van der Waals surface area contributed by atoms with Gasteiger partial charge in [0.25, 0.3) is 0 Å². The standard InChI is InChI=1S/C14H18BrN3O/c1-10(2)18-7-6-16-14(18)9-17-13-8-11(19-3)4-5-12(13)15/h4-8,10,17H,9H2,1-3H3. The van der Waals surface area contributed by atoms with Gasteiger partial charge in [-0.1, -0.05) is 0 Å². The van der Waals surface area contributed by atoms with Crippen molar-refractivity contribution in [2.24, 2.45) is 0 Å². The minimum absolute atomic E-state index is 0.410.